The van der Waals surface area contributed by atoms with Crippen LogP contribution in [0.1, 0.15) is 20.8 Å². The largest absolute Gasteiger partial charge is 0.353 e. The summed E-state index contributed by atoms with van der Waals surface area (Å²) in [5.74, 6) is -0.269. The Labute approximate surface area is 97.6 Å². The Morgan fingerprint density at radius 2 is 1.69 bits per heavy atom. The predicted molar refractivity (Wildman–Crippen MR) is 64.0 cm³/mol. The molecule has 2 amide bonds. The fraction of sp³-hybridized carbons (Fsp3) is 0.818. The summed E-state index contributed by atoms with van der Waals surface area (Å²) in [5.41, 5.74) is -0.454. The number of hydrogen-bond donors (Lipinski definition) is 2. The fourth-order valence-corrected chi connectivity index (χ4v) is 0.907. The SMILES string of the molecule is CN(C)CCNC(=O)CNC(=O)C(C)(C)C. The van der Waals surface area contributed by atoms with E-state index in [0.29, 0.717) is 6.54 Å². The van der Waals surface area contributed by atoms with Gasteiger partial charge in [0.1, 0.15) is 0 Å². The van der Waals surface area contributed by atoms with Gasteiger partial charge in [0.25, 0.3) is 0 Å². The molecule has 0 heterocycles. The first-order valence-electron chi connectivity index (χ1n) is 5.43. The highest BCUT2D eigenvalue weighted by Gasteiger charge is 2.21. The minimum atomic E-state index is -0.454. The van der Waals surface area contributed by atoms with E-state index in [4.69, 9.17) is 0 Å². The van der Waals surface area contributed by atoms with E-state index >= 15 is 0 Å². The minimum Gasteiger partial charge on any atom is -0.353 e. The molecular weight excluding hydrogens is 206 g/mol. The molecule has 0 bridgehead atoms. The van der Waals surface area contributed by atoms with Gasteiger partial charge in [0.15, 0.2) is 0 Å². The van der Waals surface area contributed by atoms with Gasteiger partial charge in [-0.05, 0) is 14.1 Å². The highest BCUT2D eigenvalue weighted by molar-refractivity contribution is 5.87. The van der Waals surface area contributed by atoms with Gasteiger partial charge in [-0.15, -0.1) is 0 Å². The summed E-state index contributed by atoms with van der Waals surface area (Å²) in [6.07, 6.45) is 0. The molecule has 0 spiro atoms. The molecule has 94 valence electrons. The smallest absolute Gasteiger partial charge is 0.239 e. The van der Waals surface area contributed by atoms with Crippen LogP contribution < -0.4 is 10.6 Å². The third-order valence-electron chi connectivity index (χ3n) is 1.97. The monoisotopic (exact) mass is 229 g/mol. The molecule has 2 N–H and O–H groups in total. The highest BCUT2D eigenvalue weighted by Crippen LogP contribution is 2.11. The summed E-state index contributed by atoms with van der Waals surface area (Å²) in [7, 11) is 3.88. The Morgan fingerprint density at radius 1 is 1.12 bits per heavy atom. The van der Waals surface area contributed by atoms with Crippen molar-refractivity contribution in [1.29, 1.82) is 0 Å². The van der Waals surface area contributed by atoms with Gasteiger partial charge >= 0.3 is 0 Å². The van der Waals surface area contributed by atoms with Gasteiger partial charge in [-0.2, -0.15) is 0 Å². The van der Waals surface area contributed by atoms with E-state index in [1.807, 2.05) is 39.8 Å². The topological polar surface area (TPSA) is 61.4 Å². The molecule has 0 aliphatic carbocycles. The summed E-state index contributed by atoms with van der Waals surface area (Å²) >= 11 is 0. The van der Waals surface area contributed by atoms with Crippen molar-refractivity contribution in [2.45, 2.75) is 20.8 Å². The number of nitrogens with one attached hydrogen (secondary N) is 2. The number of likely N-dealkylation sites (N-methyl/N-ethyl adjacent to an activating group) is 1. The first-order chi connectivity index (χ1) is 7.23. The van der Waals surface area contributed by atoms with Gasteiger partial charge in [-0.3, -0.25) is 9.59 Å². The Bertz CT molecular complexity index is 244. The van der Waals surface area contributed by atoms with Crippen molar-refractivity contribution in [1.82, 2.24) is 15.5 Å². The lowest BCUT2D eigenvalue weighted by molar-refractivity contribution is -0.131. The third-order valence-corrected chi connectivity index (χ3v) is 1.97. The van der Waals surface area contributed by atoms with Crippen molar-refractivity contribution in [3.05, 3.63) is 0 Å². The van der Waals surface area contributed by atoms with Crippen molar-refractivity contribution in [3.8, 4) is 0 Å². The summed E-state index contributed by atoms with van der Waals surface area (Å²) in [5, 5.41) is 5.32. The fourth-order valence-electron chi connectivity index (χ4n) is 0.907. The number of carbonyl (C=O) groups is 2. The van der Waals surface area contributed by atoms with Crippen molar-refractivity contribution >= 4 is 11.8 Å². The number of carbonyl (C=O) groups excluding carboxylic acids is 2. The molecule has 0 radical (unpaired) electrons. The number of amides is 2. The lowest BCUT2D eigenvalue weighted by Gasteiger charge is -2.17. The van der Waals surface area contributed by atoms with Gasteiger partial charge in [0.05, 0.1) is 6.54 Å². The molecule has 0 aliphatic rings. The number of nitrogens with zero attached hydrogens (tertiary/aromatic N) is 1. The molecule has 5 nitrogen and oxygen atoms in total. The molecule has 0 rings (SSSR count). The standard InChI is InChI=1S/C11H23N3O2/c1-11(2,3)10(16)13-8-9(15)12-6-7-14(4)5/h6-8H2,1-5H3,(H,12,15)(H,13,16). The Kier molecular flexibility index (Phi) is 6.03. The second-order valence-corrected chi connectivity index (χ2v) is 5.09. The first-order valence-corrected chi connectivity index (χ1v) is 5.43. The van der Waals surface area contributed by atoms with Gasteiger partial charge in [-0.25, -0.2) is 0 Å². The maximum absolute atomic E-state index is 11.5. The molecule has 0 unspecified atom stereocenters. The summed E-state index contributed by atoms with van der Waals surface area (Å²) in [4.78, 5) is 24.7. The second-order valence-electron chi connectivity index (χ2n) is 5.09. The molecule has 0 atom stereocenters. The van der Waals surface area contributed by atoms with Gasteiger partial charge in [0.2, 0.25) is 11.8 Å². The first kappa shape index (κ1) is 14.9. The van der Waals surface area contributed by atoms with Crippen LogP contribution in [0.25, 0.3) is 0 Å². The van der Waals surface area contributed by atoms with Gasteiger partial charge < -0.3 is 15.5 Å². The van der Waals surface area contributed by atoms with Crippen molar-refractivity contribution < 1.29 is 9.59 Å². The molecule has 16 heavy (non-hydrogen) atoms. The summed E-state index contributed by atoms with van der Waals surface area (Å²) < 4.78 is 0. The molecule has 0 saturated heterocycles. The second kappa shape index (κ2) is 6.48. The van der Waals surface area contributed by atoms with E-state index < -0.39 is 5.41 Å². The van der Waals surface area contributed by atoms with Crippen LogP contribution in [0.4, 0.5) is 0 Å². The van der Waals surface area contributed by atoms with Gasteiger partial charge in [0, 0.05) is 18.5 Å². The third kappa shape index (κ3) is 7.23. The van der Waals surface area contributed by atoms with Crippen LogP contribution in [0.2, 0.25) is 0 Å². The van der Waals surface area contributed by atoms with Crippen molar-refractivity contribution in [2.75, 3.05) is 33.7 Å². The molecule has 0 aromatic rings. The average molecular weight is 229 g/mol. The van der Waals surface area contributed by atoms with E-state index in [-0.39, 0.29) is 18.4 Å². The normalized spacial score (nSPS) is 11.4. The lowest BCUT2D eigenvalue weighted by Crippen LogP contribution is -2.42. The lowest BCUT2D eigenvalue weighted by atomic mass is 9.96. The van der Waals surface area contributed by atoms with E-state index in [0.717, 1.165) is 6.54 Å². The van der Waals surface area contributed by atoms with Crippen LogP contribution in [0.5, 0.6) is 0 Å². The van der Waals surface area contributed by atoms with Crippen LogP contribution in [-0.2, 0) is 9.59 Å². The number of rotatable bonds is 5. The minimum absolute atomic E-state index is 0.0452. The van der Waals surface area contributed by atoms with Crippen LogP contribution in [0, 0.1) is 5.41 Å². The summed E-state index contributed by atoms with van der Waals surface area (Å²) in [6.45, 7) is 6.87. The predicted octanol–water partition coefficient (Wildman–Crippen LogP) is -0.173. The Morgan fingerprint density at radius 3 is 2.12 bits per heavy atom. The zero-order chi connectivity index (χ0) is 12.8. The Balaban J connectivity index is 3.70. The zero-order valence-electron chi connectivity index (χ0n) is 10.9. The zero-order valence-corrected chi connectivity index (χ0v) is 10.9. The van der Waals surface area contributed by atoms with Crippen molar-refractivity contribution in [3.63, 3.8) is 0 Å². The maximum Gasteiger partial charge on any atom is 0.239 e. The van der Waals surface area contributed by atoms with Crippen LogP contribution >= 0.6 is 0 Å². The van der Waals surface area contributed by atoms with Gasteiger partial charge in [-0.1, -0.05) is 20.8 Å². The van der Waals surface area contributed by atoms with Crippen LogP contribution in [0.3, 0.4) is 0 Å². The van der Waals surface area contributed by atoms with E-state index in [1.54, 1.807) is 0 Å². The molecule has 0 aromatic carbocycles. The van der Waals surface area contributed by atoms with E-state index in [9.17, 15) is 9.59 Å². The van der Waals surface area contributed by atoms with Crippen LogP contribution in [0.15, 0.2) is 0 Å². The van der Waals surface area contributed by atoms with E-state index in [2.05, 4.69) is 10.6 Å². The van der Waals surface area contributed by atoms with Crippen molar-refractivity contribution in [2.24, 2.45) is 5.41 Å². The molecule has 0 aliphatic heterocycles. The highest BCUT2D eigenvalue weighted by atomic mass is 16.2. The molecular formula is C11H23N3O2. The Hall–Kier alpha value is -1.10. The average Bonchev–Trinajstić information content (AvgIpc) is 2.11. The molecule has 0 fully saturated rings. The van der Waals surface area contributed by atoms with E-state index in [1.165, 1.54) is 0 Å². The molecule has 0 saturated carbocycles. The maximum atomic E-state index is 11.5. The molecule has 0 aromatic heterocycles. The quantitative estimate of drug-likeness (QED) is 0.688. The summed E-state index contributed by atoms with van der Waals surface area (Å²) in [6, 6.07) is 0. The number of hydrogen-bond acceptors (Lipinski definition) is 3. The van der Waals surface area contributed by atoms with Crippen LogP contribution in [-0.4, -0.2) is 50.4 Å². The molecule has 5 heteroatoms.